The molecule has 0 aliphatic heterocycles. The smallest absolute Gasteiger partial charge is 0.408 e. The second kappa shape index (κ2) is 12.8. The molecule has 9 nitrogen and oxygen atoms in total. The van der Waals surface area contributed by atoms with Crippen LogP contribution in [0.25, 0.3) is 0 Å². The first-order chi connectivity index (χ1) is 15.3. The predicted octanol–water partition coefficient (Wildman–Crippen LogP) is 2.63. The summed E-state index contributed by atoms with van der Waals surface area (Å²) < 4.78 is 10.5. The number of nitrogens with zero attached hydrogens (tertiary/aromatic N) is 1. The number of carbonyl (C=O) groups is 4. The van der Waals surface area contributed by atoms with Crippen LogP contribution in [0.15, 0.2) is 30.3 Å². The van der Waals surface area contributed by atoms with E-state index in [2.05, 4.69) is 10.6 Å². The summed E-state index contributed by atoms with van der Waals surface area (Å²) in [7, 11) is 3.19. The van der Waals surface area contributed by atoms with Gasteiger partial charge in [-0.1, -0.05) is 44.2 Å². The zero-order chi connectivity index (χ0) is 25.2. The summed E-state index contributed by atoms with van der Waals surface area (Å²) in [5.41, 5.74) is 0.000485. The lowest BCUT2D eigenvalue weighted by Crippen LogP contribution is -2.55. The van der Waals surface area contributed by atoms with Gasteiger partial charge in [-0.3, -0.25) is 14.4 Å². The number of benzene rings is 1. The van der Waals surface area contributed by atoms with Crippen LogP contribution in [-0.2, 0) is 30.5 Å². The number of ether oxygens (including phenoxy) is 2. The standard InChI is InChI=1S/C24H37N3O6/c1-16(2)13-19(22(30)27(6)7)25-21(29)18(26-23(31)33-24(3,4)5)14-20(28)32-15-17-11-9-8-10-12-17/h8-12,16,18-19H,13-15H2,1-7H3,(H,25,29)(H,26,31)/t18-,19+/m1/s1. The van der Waals surface area contributed by atoms with Gasteiger partial charge in [0.25, 0.3) is 0 Å². The van der Waals surface area contributed by atoms with Gasteiger partial charge in [0.2, 0.25) is 11.8 Å². The molecule has 1 rings (SSSR count). The fourth-order valence-electron chi connectivity index (χ4n) is 2.90. The fraction of sp³-hybridized carbons (Fsp3) is 0.583. The minimum Gasteiger partial charge on any atom is -0.461 e. The molecule has 0 unspecified atom stereocenters. The van der Waals surface area contributed by atoms with Crippen molar-refractivity contribution in [3.8, 4) is 0 Å². The summed E-state index contributed by atoms with van der Waals surface area (Å²) in [5, 5.41) is 5.10. The first-order valence-electron chi connectivity index (χ1n) is 11.0. The van der Waals surface area contributed by atoms with Crippen LogP contribution in [0.5, 0.6) is 0 Å². The number of esters is 1. The van der Waals surface area contributed by atoms with E-state index in [4.69, 9.17) is 9.47 Å². The molecule has 0 aromatic heterocycles. The van der Waals surface area contributed by atoms with Crippen molar-refractivity contribution in [3.05, 3.63) is 35.9 Å². The molecular formula is C24H37N3O6. The maximum atomic E-state index is 13.0. The summed E-state index contributed by atoms with van der Waals surface area (Å²) >= 11 is 0. The lowest BCUT2D eigenvalue weighted by molar-refractivity contribution is -0.147. The number of hydrogen-bond acceptors (Lipinski definition) is 6. The van der Waals surface area contributed by atoms with E-state index in [9.17, 15) is 19.2 Å². The maximum Gasteiger partial charge on any atom is 0.408 e. The van der Waals surface area contributed by atoms with E-state index < -0.39 is 42.1 Å². The van der Waals surface area contributed by atoms with Crippen LogP contribution in [0, 0.1) is 5.92 Å². The molecule has 3 amide bonds. The maximum absolute atomic E-state index is 13.0. The summed E-state index contributed by atoms with van der Waals surface area (Å²) in [6, 6.07) is 7.03. The number of likely N-dealkylation sites (N-methyl/N-ethyl adjacent to an activating group) is 1. The Morgan fingerprint density at radius 3 is 2.09 bits per heavy atom. The number of rotatable bonds is 10. The average Bonchev–Trinajstić information content (AvgIpc) is 2.69. The van der Waals surface area contributed by atoms with Crippen molar-refractivity contribution in [3.63, 3.8) is 0 Å². The number of amides is 3. The first kappa shape index (κ1) is 27.9. The topological polar surface area (TPSA) is 114 Å². The van der Waals surface area contributed by atoms with Gasteiger partial charge in [-0.15, -0.1) is 0 Å². The predicted molar refractivity (Wildman–Crippen MR) is 124 cm³/mol. The number of hydrogen-bond donors (Lipinski definition) is 2. The Kier molecular flexibility index (Phi) is 10.8. The normalized spacial score (nSPS) is 13.0. The minimum atomic E-state index is -1.27. The Bertz CT molecular complexity index is 802. The van der Waals surface area contributed by atoms with Crippen molar-refractivity contribution in [1.82, 2.24) is 15.5 Å². The molecule has 0 saturated heterocycles. The first-order valence-corrected chi connectivity index (χ1v) is 11.0. The molecule has 0 heterocycles. The minimum absolute atomic E-state index is 0.0372. The van der Waals surface area contributed by atoms with Gasteiger partial charge < -0.3 is 25.0 Å². The van der Waals surface area contributed by atoms with Gasteiger partial charge in [0.05, 0.1) is 6.42 Å². The molecule has 184 valence electrons. The zero-order valence-electron chi connectivity index (χ0n) is 20.6. The van der Waals surface area contributed by atoms with Crippen molar-refractivity contribution in [1.29, 1.82) is 0 Å². The lowest BCUT2D eigenvalue weighted by Gasteiger charge is -2.26. The van der Waals surface area contributed by atoms with Crippen molar-refractivity contribution >= 4 is 23.9 Å². The molecule has 2 N–H and O–H groups in total. The van der Waals surface area contributed by atoms with Crippen LogP contribution in [0.4, 0.5) is 4.79 Å². The lowest BCUT2D eigenvalue weighted by atomic mass is 10.0. The number of nitrogens with one attached hydrogen (secondary N) is 2. The van der Waals surface area contributed by atoms with Crippen molar-refractivity contribution in [2.45, 2.75) is 71.8 Å². The molecule has 2 atom stereocenters. The highest BCUT2D eigenvalue weighted by molar-refractivity contribution is 5.93. The fourth-order valence-corrected chi connectivity index (χ4v) is 2.90. The van der Waals surface area contributed by atoms with Crippen molar-refractivity contribution < 1.29 is 28.7 Å². The number of alkyl carbamates (subject to hydrolysis) is 1. The average molecular weight is 464 g/mol. The Labute approximate surface area is 196 Å². The molecule has 0 radical (unpaired) electrons. The van der Waals surface area contributed by atoms with Crippen LogP contribution in [0.3, 0.4) is 0 Å². The van der Waals surface area contributed by atoms with Crippen LogP contribution in [0.2, 0.25) is 0 Å². The summed E-state index contributed by atoms with van der Waals surface area (Å²) in [5.74, 6) is -1.49. The Morgan fingerprint density at radius 2 is 1.58 bits per heavy atom. The Balaban J connectivity index is 2.94. The van der Waals surface area contributed by atoms with Crippen LogP contribution < -0.4 is 10.6 Å². The van der Waals surface area contributed by atoms with Crippen molar-refractivity contribution in [2.75, 3.05) is 14.1 Å². The van der Waals surface area contributed by atoms with Crippen molar-refractivity contribution in [2.24, 2.45) is 5.92 Å². The second-order valence-electron chi connectivity index (χ2n) is 9.47. The highest BCUT2D eigenvalue weighted by atomic mass is 16.6. The van der Waals surface area contributed by atoms with E-state index in [1.165, 1.54) is 4.90 Å². The Morgan fingerprint density at radius 1 is 0.970 bits per heavy atom. The molecule has 9 heteroatoms. The van der Waals surface area contributed by atoms with E-state index in [0.29, 0.717) is 6.42 Å². The van der Waals surface area contributed by atoms with Gasteiger partial charge in [0, 0.05) is 14.1 Å². The Hall–Kier alpha value is -3.10. The molecule has 0 bridgehead atoms. The van der Waals surface area contributed by atoms with Crippen LogP contribution in [-0.4, -0.2) is 60.6 Å². The molecule has 0 spiro atoms. The monoisotopic (exact) mass is 463 g/mol. The van der Waals surface area contributed by atoms with Gasteiger partial charge in [0.1, 0.15) is 24.3 Å². The third-order valence-corrected chi connectivity index (χ3v) is 4.38. The molecule has 33 heavy (non-hydrogen) atoms. The van der Waals surface area contributed by atoms with E-state index >= 15 is 0 Å². The third kappa shape index (κ3) is 11.4. The molecule has 1 aromatic rings. The van der Waals surface area contributed by atoms with Gasteiger partial charge >= 0.3 is 12.1 Å². The van der Waals surface area contributed by atoms with E-state index in [1.54, 1.807) is 47.0 Å². The van der Waals surface area contributed by atoms with Gasteiger partial charge in [-0.25, -0.2) is 4.79 Å². The molecule has 0 aliphatic carbocycles. The highest BCUT2D eigenvalue weighted by Crippen LogP contribution is 2.11. The quantitative estimate of drug-likeness (QED) is 0.516. The molecule has 0 saturated carbocycles. The summed E-state index contributed by atoms with van der Waals surface area (Å²) in [6.45, 7) is 8.95. The molecule has 0 aliphatic rings. The van der Waals surface area contributed by atoms with Gasteiger partial charge in [0.15, 0.2) is 0 Å². The highest BCUT2D eigenvalue weighted by Gasteiger charge is 2.31. The van der Waals surface area contributed by atoms with Gasteiger partial charge in [-0.2, -0.15) is 0 Å². The third-order valence-electron chi connectivity index (χ3n) is 4.38. The van der Waals surface area contributed by atoms with Gasteiger partial charge in [-0.05, 0) is 38.7 Å². The molecule has 0 fully saturated rings. The SMILES string of the molecule is CC(C)C[C@H](NC(=O)[C@@H](CC(=O)OCc1ccccc1)NC(=O)OC(C)(C)C)C(=O)N(C)C. The van der Waals surface area contributed by atoms with E-state index in [-0.39, 0.29) is 18.4 Å². The summed E-state index contributed by atoms with van der Waals surface area (Å²) in [4.78, 5) is 51.7. The zero-order valence-corrected chi connectivity index (χ0v) is 20.6. The number of carbonyl (C=O) groups excluding carboxylic acids is 4. The summed E-state index contributed by atoms with van der Waals surface area (Å²) in [6.07, 6.45) is -0.860. The van der Waals surface area contributed by atoms with E-state index in [1.807, 2.05) is 32.0 Å². The van der Waals surface area contributed by atoms with Crippen LogP contribution in [0.1, 0.15) is 53.0 Å². The second-order valence-corrected chi connectivity index (χ2v) is 9.47. The largest absolute Gasteiger partial charge is 0.461 e. The van der Waals surface area contributed by atoms with E-state index in [0.717, 1.165) is 5.56 Å². The molecule has 1 aromatic carbocycles. The van der Waals surface area contributed by atoms with Crippen LogP contribution >= 0.6 is 0 Å². The molecular weight excluding hydrogens is 426 g/mol.